The molecule has 2 unspecified atom stereocenters. The quantitative estimate of drug-likeness (QED) is 0.178. The molecule has 1 aliphatic carbocycles. The van der Waals surface area contributed by atoms with Crippen LogP contribution in [0.15, 0.2) is 0 Å². The first kappa shape index (κ1) is 63.1. The average molecular weight is 676 g/mol. The third-order valence-corrected chi connectivity index (χ3v) is 5.00. The van der Waals surface area contributed by atoms with Crippen molar-refractivity contribution in [3.05, 3.63) is 0 Å². The fourth-order valence-electron chi connectivity index (χ4n) is 2.24. The Labute approximate surface area is 381 Å². The summed E-state index contributed by atoms with van der Waals surface area (Å²) in [5.41, 5.74) is 0. The summed E-state index contributed by atoms with van der Waals surface area (Å²) in [5, 5.41) is 19.7. The smallest absolute Gasteiger partial charge is 0.790 e. The normalized spacial score (nSPS) is 25.7. The van der Waals surface area contributed by atoms with E-state index >= 15 is 0 Å². The molecule has 168 valence electrons. The van der Waals surface area contributed by atoms with Crippen molar-refractivity contribution < 1.29 is 322 Å². The molecule has 2 N–H and O–H groups in total. The van der Waals surface area contributed by atoms with Gasteiger partial charge in [0.1, 0.15) is 36.6 Å². The first-order valence-corrected chi connectivity index (χ1v) is 12.2. The zero-order valence-electron chi connectivity index (χ0n) is 20.7. The van der Waals surface area contributed by atoms with Crippen molar-refractivity contribution in [3.8, 4) is 0 Å². The van der Waals surface area contributed by atoms with Crippen molar-refractivity contribution in [1.29, 1.82) is 0 Å². The van der Waals surface area contributed by atoms with Crippen molar-refractivity contribution >= 4 is 31.3 Å². The maximum absolute atomic E-state index is 10.8. The molecule has 1 rings (SSSR count). The first-order valence-electron chi connectivity index (χ1n) is 6.38. The van der Waals surface area contributed by atoms with Crippen LogP contribution in [-0.4, -0.2) is 46.8 Å². The summed E-state index contributed by atoms with van der Waals surface area (Å²) < 4.78 is 57.8. The number of rotatable bonds is 8. The van der Waals surface area contributed by atoms with Crippen LogP contribution in [0.2, 0.25) is 0 Å². The summed E-state index contributed by atoms with van der Waals surface area (Å²) in [5.74, 6) is 0. The number of phosphoric ester groups is 4. The van der Waals surface area contributed by atoms with Gasteiger partial charge in [-0.2, -0.15) is 0 Å². The molecule has 1 saturated carbocycles. The second-order valence-electron chi connectivity index (χ2n) is 5.05. The van der Waals surface area contributed by atoms with Gasteiger partial charge in [0.15, 0.2) is 0 Å². The van der Waals surface area contributed by atoms with Gasteiger partial charge in [-0.05, 0) is 0 Å². The fourth-order valence-corrected chi connectivity index (χ4v) is 4.41. The summed E-state index contributed by atoms with van der Waals surface area (Å²) >= 11 is 0. The van der Waals surface area contributed by atoms with E-state index in [-0.39, 0.29) is 236 Å². The Hall–Kier alpha value is 8.36. The van der Waals surface area contributed by atoms with Crippen LogP contribution in [0.1, 0.15) is 0 Å². The molecule has 0 heterocycles. The van der Waals surface area contributed by atoms with E-state index in [0.717, 1.165) is 0 Å². The van der Waals surface area contributed by atoms with Gasteiger partial charge in [-0.15, -0.1) is 0 Å². The topological polar surface area (TPSA) is 330 Å². The molecule has 0 aromatic rings. The predicted octanol–water partition coefficient (Wildman–Crippen LogP) is -32.4. The summed E-state index contributed by atoms with van der Waals surface area (Å²) in [7, 11) is -24.8. The van der Waals surface area contributed by atoms with Gasteiger partial charge in [0.25, 0.3) is 0 Å². The van der Waals surface area contributed by atoms with Crippen LogP contribution in [-0.2, 0) is 36.4 Å². The van der Waals surface area contributed by atoms with Gasteiger partial charge in [-0.3, -0.25) is 0 Å². The molecule has 0 amide bonds. The van der Waals surface area contributed by atoms with Crippen LogP contribution >= 0.6 is 31.3 Å². The molecule has 0 aromatic heterocycles. The van der Waals surface area contributed by atoms with Crippen LogP contribution in [0.3, 0.4) is 0 Å². The van der Waals surface area contributed by atoms with E-state index in [2.05, 4.69) is 18.1 Å². The Kier molecular flexibility index (Phi) is 46.1. The monoisotopic (exact) mass is 676 g/mol. The van der Waals surface area contributed by atoms with Gasteiger partial charge in [0.05, 0.1) is 31.3 Å². The van der Waals surface area contributed by atoms with E-state index in [4.69, 9.17) is 0 Å². The van der Waals surface area contributed by atoms with Gasteiger partial charge >= 0.3 is 236 Å². The van der Waals surface area contributed by atoms with Gasteiger partial charge in [0, 0.05) is 0 Å². The molecule has 1 fully saturated rings. The third-order valence-electron chi connectivity index (χ3n) is 3.00. The summed E-state index contributed by atoms with van der Waals surface area (Å²) in [6.45, 7) is 0. The van der Waals surface area contributed by atoms with Crippen LogP contribution in [0.4, 0.5) is 0 Å². The first-order chi connectivity index (χ1) is 12.2. The van der Waals surface area contributed by atoms with Gasteiger partial charge in [-0.1, -0.05) is 0 Å². The molecule has 1 aliphatic rings. The molecule has 6 atom stereocenters. The molecule has 0 radical (unpaired) electrons. The molecule has 0 aromatic carbocycles. The fraction of sp³-hybridized carbons (Fsp3) is 1.00. The average Bonchev–Trinajstić information content (AvgIpc) is 2.39. The van der Waals surface area contributed by atoms with Gasteiger partial charge in [-0.25, -0.2) is 0 Å². The molecule has 18 nitrogen and oxygen atoms in total. The van der Waals surface area contributed by atoms with E-state index < -0.39 is 67.9 Å². The Morgan fingerprint density at radius 3 is 0.750 bits per heavy atom. The molecule has 36 heavy (non-hydrogen) atoms. The molecule has 0 spiro atoms. The standard InChI is InChI=1S/C6H16O18P4.8Na/c7-1-3(21-25(9,10)11)2(8)5(23-27(15,16)17)6(24-28(18,19)20)4(1)22-26(12,13)14;;;;;;;;/h1-8H,(H2,9,10,11)(H2,12,13,14)(H2,15,16,17)(H2,18,19,20);;;;;;;;/q;8*+1/p-8/t1-,2-,3?,4-,5+,6?;;;;;;;;/m0......../s1. The molecule has 0 saturated heterocycles. The van der Waals surface area contributed by atoms with Crippen molar-refractivity contribution in [2.75, 3.05) is 0 Å². The maximum Gasteiger partial charge on any atom is 1.00 e. The van der Waals surface area contributed by atoms with Crippen molar-refractivity contribution in [2.45, 2.75) is 36.6 Å². The zero-order valence-corrected chi connectivity index (χ0v) is 40.3. The van der Waals surface area contributed by atoms with E-state index in [0.29, 0.717) is 0 Å². The Morgan fingerprint density at radius 1 is 0.389 bits per heavy atom. The maximum atomic E-state index is 10.8. The largest absolute Gasteiger partial charge is 1.00 e. The van der Waals surface area contributed by atoms with E-state index in [1.807, 2.05) is 0 Å². The van der Waals surface area contributed by atoms with Crippen molar-refractivity contribution in [2.24, 2.45) is 0 Å². The van der Waals surface area contributed by atoms with Gasteiger partial charge in [0.2, 0.25) is 0 Å². The zero-order chi connectivity index (χ0) is 22.3. The van der Waals surface area contributed by atoms with Crippen LogP contribution in [0.25, 0.3) is 0 Å². The molecular formula is C6H8Na8O18P4. The minimum absolute atomic E-state index is 0. The van der Waals surface area contributed by atoms with E-state index in [1.54, 1.807) is 0 Å². The predicted molar refractivity (Wildman–Crippen MR) is 61.9 cm³/mol. The van der Waals surface area contributed by atoms with Crippen molar-refractivity contribution in [3.63, 3.8) is 0 Å². The number of aliphatic hydroxyl groups is 2. The number of hydrogen-bond acceptors (Lipinski definition) is 18. The summed E-state index contributed by atoms with van der Waals surface area (Å²) in [6, 6.07) is 0. The minimum atomic E-state index is -6.24. The molecule has 0 aliphatic heterocycles. The third kappa shape index (κ3) is 26.4. The molecule has 0 bridgehead atoms. The van der Waals surface area contributed by atoms with Crippen molar-refractivity contribution in [1.82, 2.24) is 0 Å². The molecule has 30 heteroatoms. The Morgan fingerprint density at radius 2 is 0.556 bits per heavy atom. The van der Waals surface area contributed by atoms with Crippen LogP contribution in [0, 0.1) is 0 Å². The second-order valence-corrected chi connectivity index (χ2v) is 9.47. The second kappa shape index (κ2) is 26.3. The Balaban J connectivity index is -0.000000163. The van der Waals surface area contributed by atoms with E-state index in [9.17, 15) is 67.6 Å². The molecular weight excluding hydrogens is 668 g/mol. The number of hydrogen-bond donors (Lipinski definition) is 2. The SMILES string of the molecule is O=P([O-])([O-])OC1[C@H](O)[C@H](OP(=O)([O-])[O-])C(OP(=O)([O-])[O-])[C@H](OP(=O)([O-])[O-])[C@H]1O.[Na+].[Na+].[Na+].[Na+].[Na+].[Na+].[Na+].[Na+]. The Bertz CT molecular complexity index is 716. The summed E-state index contributed by atoms with van der Waals surface area (Å²) in [6.07, 6.45) is -17.6. The van der Waals surface area contributed by atoms with Gasteiger partial charge < -0.3 is 85.7 Å². The minimum Gasteiger partial charge on any atom is -0.790 e. The van der Waals surface area contributed by atoms with Crippen LogP contribution in [0.5, 0.6) is 0 Å². The summed E-state index contributed by atoms with van der Waals surface area (Å²) in [4.78, 5) is 86.1. The van der Waals surface area contributed by atoms with Crippen LogP contribution < -0.4 is 276 Å². The number of aliphatic hydroxyl groups excluding tert-OH is 2. The van der Waals surface area contributed by atoms with E-state index in [1.165, 1.54) is 0 Å². The number of phosphoric acid groups is 4.